The summed E-state index contributed by atoms with van der Waals surface area (Å²) in [5.41, 5.74) is 1.41. The topological polar surface area (TPSA) is 75.3 Å². The van der Waals surface area contributed by atoms with Gasteiger partial charge in [-0.25, -0.2) is 13.2 Å². The van der Waals surface area contributed by atoms with Crippen molar-refractivity contribution in [2.75, 3.05) is 18.8 Å². The maximum absolute atomic E-state index is 12.1. The van der Waals surface area contributed by atoms with Crippen LogP contribution in [0, 0.1) is 0 Å². The van der Waals surface area contributed by atoms with Crippen LogP contribution in [0.5, 0.6) is 0 Å². The van der Waals surface area contributed by atoms with E-state index in [2.05, 4.69) is 16.7 Å². The SMILES string of the molecule is O=C(NCCC1=CCCCC1)NCCS(=O)(=O)c1ccccc1. The first-order chi connectivity index (χ1) is 11.1. The van der Waals surface area contributed by atoms with Gasteiger partial charge in [-0.1, -0.05) is 29.8 Å². The molecule has 2 N–H and O–H groups in total. The molecule has 1 aromatic carbocycles. The molecule has 0 heterocycles. The minimum Gasteiger partial charge on any atom is -0.338 e. The predicted octanol–water partition coefficient (Wildman–Crippen LogP) is 2.65. The van der Waals surface area contributed by atoms with Crippen LogP contribution in [-0.4, -0.2) is 33.3 Å². The van der Waals surface area contributed by atoms with Crippen LogP contribution >= 0.6 is 0 Å². The lowest BCUT2D eigenvalue weighted by Crippen LogP contribution is -2.38. The van der Waals surface area contributed by atoms with Gasteiger partial charge in [-0.05, 0) is 44.2 Å². The first-order valence-corrected chi connectivity index (χ1v) is 9.70. The van der Waals surface area contributed by atoms with E-state index >= 15 is 0 Å². The lowest BCUT2D eigenvalue weighted by molar-refractivity contribution is 0.241. The van der Waals surface area contributed by atoms with Crippen LogP contribution in [0.4, 0.5) is 4.79 Å². The van der Waals surface area contributed by atoms with Gasteiger partial charge in [-0.15, -0.1) is 0 Å². The van der Waals surface area contributed by atoms with Crippen LogP contribution in [0.25, 0.3) is 0 Å². The molecule has 1 aliphatic rings. The second-order valence-corrected chi connectivity index (χ2v) is 7.78. The molecule has 2 rings (SSSR count). The third kappa shape index (κ3) is 6.06. The van der Waals surface area contributed by atoms with Crippen molar-refractivity contribution in [3.63, 3.8) is 0 Å². The molecule has 0 unspecified atom stereocenters. The summed E-state index contributed by atoms with van der Waals surface area (Å²) in [7, 11) is -3.35. The highest BCUT2D eigenvalue weighted by molar-refractivity contribution is 7.91. The van der Waals surface area contributed by atoms with Gasteiger partial charge < -0.3 is 10.6 Å². The van der Waals surface area contributed by atoms with Crippen molar-refractivity contribution in [3.8, 4) is 0 Å². The molecule has 5 nitrogen and oxygen atoms in total. The van der Waals surface area contributed by atoms with Gasteiger partial charge >= 0.3 is 6.03 Å². The van der Waals surface area contributed by atoms with Gasteiger partial charge in [0.05, 0.1) is 10.6 Å². The number of allylic oxidation sites excluding steroid dienone is 1. The molecule has 2 amide bonds. The minimum atomic E-state index is -3.35. The summed E-state index contributed by atoms with van der Waals surface area (Å²) in [4.78, 5) is 12.0. The van der Waals surface area contributed by atoms with E-state index in [1.54, 1.807) is 30.3 Å². The summed E-state index contributed by atoms with van der Waals surface area (Å²) in [6.07, 6.45) is 7.88. The van der Waals surface area contributed by atoms with Gasteiger partial charge in [0.25, 0.3) is 0 Å². The molecule has 0 fully saturated rings. The molecule has 126 valence electrons. The van der Waals surface area contributed by atoms with Crippen molar-refractivity contribution in [2.24, 2.45) is 0 Å². The fraction of sp³-hybridized carbons (Fsp3) is 0.471. The molecule has 0 spiro atoms. The van der Waals surface area contributed by atoms with Crippen molar-refractivity contribution in [1.82, 2.24) is 10.6 Å². The van der Waals surface area contributed by atoms with Crippen LogP contribution in [0.2, 0.25) is 0 Å². The summed E-state index contributed by atoms with van der Waals surface area (Å²) in [5.74, 6) is -0.102. The van der Waals surface area contributed by atoms with Crippen LogP contribution < -0.4 is 10.6 Å². The average Bonchev–Trinajstić information content (AvgIpc) is 2.56. The highest BCUT2D eigenvalue weighted by Crippen LogP contribution is 2.19. The molecule has 23 heavy (non-hydrogen) atoms. The van der Waals surface area contributed by atoms with Gasteiger partial charge in [0.15, 0.2) is 9.84 Å². The van der Waals surface area contributed by atoms with E-state index < -0.39 is 9.84 Å². The number of carbonyl (C=O) groups is 1. The van der Waals surface area contributed by atoms with E-state index in [9.17, 15) is 13.2 Å². The fourth-order valence-corrected chi connectivity index (χ4v) is 3.75. The van der Waals surface area contributed by atoms with Gasteiger partial charge in [-0.3, -0.25) is 0 Å². The highest BCUT2D eigenvalue weighted by atomic mass is 32.2. The maximum Gasteiger partial charge on any atom is 0.314 e. The van der Waals surface area contributed by atoms with Gasteiger partial charge in [-0.2, -0.15) is 0 Å². The lowest BCUT2D eigenvalue weighted by atomic mass is 9.97. The normalized spacial score (nSPS) is 14.9. The Kier molecular flexibility index (Phi) is 6.65. The van der Waals surface area contributed by atoms with Crippen molar-refractivity contribution in [3.05, 3.63) is 42.0 Å². The maximum atomic E-state index is 12.1. The van der Waals surface area contributed by atoms with Crippen molar-refractivity contribution in [1.29, 1.82) is 0 Å². The number of amides is 2. The summed E-state index contributed by atoms with van der Waals surface area (Å²) < 4.78 is 24.1. The first kappa shape index (κ1) is 17.5. The Hall–Kier alpha value is -1.82. The summed E-state index contributed by atoms with van der Waals surface area (Å²) in [6.45, 7) is 0.689. The number of rotatable bonds is 7. The van der Waals surface area contributed by atoms with E-state index in [0.29, 0.717) is 6.54 Å². The van der Waals surface area contributed by atoms with Crippen LogP contribution in [0.3, 0.4) is 0 Å². The van der Waals surface area contributed by atoms with Crippen LogP contribution in [-0.2, 0) is 9.84 Å². The molecule has 6 heteroatoms. The molecule has 1 aromatic rings. The molecule has 0 aromatic heterocycles. The molecule has 0 bridgehead atoms. The van der Waals surface area contributed by atoms with E-state index in [0.717, 1.165) is 19.3 Å². The summed E-state index contributed by atoms with van der Waals surface area (Å²) in [5, 5.41) is 5.37. The van der Waals surface area contributed by atoms with Crippen molar-refractivity contribution in [2.45, 2.75) is 37.0 Å². The number of benzene rings is 1. The zero-order valence-corrected chi connectivity index (χ0v) is 14.1. The Morgan fingerprint density at radius 1 is 1.04 bits per heavy atom. The largest absolute Gasteiger partial charge is 0.338 e. The van der Waals surface area contributed by atoms with Gasteiger partial charge in [0.1, 0.15) is 0 Å². The Bertz CT molecular complexity index is 639. The Morgan fingerprint density at radius 3 is 2.48 bits per heavy atom. The zero-order valence-electron chi connectivity index (χ0n) is 13.3. The Balaban J connectivity index is 1.65. The molecular weight excluding hydrogens is 312 g/mol. The number of hydrogen-bond acceptors (Lipinski definition) is 3. The second-order valence-electron chi connectivity index (χ2n) is 5.67. The van der Waals surface area contributed by atoms with Gasteiger partial charge in [0, 0.05) is 13.1 Å². The zero-order chi connectivity index (χ0) is 16.5. The molecular formula is C17H24N2O3S. The van der Waals surface area contributed by atoms with E-state index in [1.807, 2.05) is 0 Å². The molecule has 0 radical (unpaired) electrons. The third-order valence-electron chi connectivity index (χ3n) is 3.88. The molecule has 0 saturated carbocycles. The van der Waals surface area contributed by atoms with Crippen LogP contribution in [0.1, 0.15) is 32.1 Å². The molecule has 0 atom stereocenters. The summed E-state index contributed by atoms with van der Waals surface area (Å²) in [6, 6.07) is 7.96. The number of hydrogen-bond donors (Lipinski definition) is 2. The monoisotopic (exact) mass is 336 g/mol. The Labute approximate surface area is 138 Å². The molecule has 0 saturated heterocycles. The number of nitrogens with one attached hydrogen (secondary N) is 2. The molecule has 1 aliphatic carbocycles. The van der Waals surface area contributed by atoms with Crippen LogP contribution in [0.15, 0.2) is 46.9 Å². The Morgan fingerprint density at radius 2 is 1.78 bits per heavy atom. The summed E-state index contributed by atoms with van der Waals surface area (Å²) >= 11 is 0. The standard InChI is InChI=1S/C17H24N2O3S/c20-17(18-12-11-15-7-3-1-4-8-15)19-13-14-23(21,22)16-9-5-2-6-10-16/h2,5-7,9-10H,1,3-4,8,11-14H2,(H2,18,19,20). The highest BCUT2D eigenvalue weighted by Gasteiger charge is 2.13. The van der Waals surface area contributed by atoms with E-state index in [4.69, 9.17) is 0 Å². The van der Waals surface area contributed by atoms with E-state index in [1.165, 1.54) is 18.4 Å². The number of sulfone groups is 1. The quantitative estimate of drug-likeness (QED) is 0.752. The fourth-order valence-electron chi connectivity index (χ4n) is 2.58. The third-order valence-corrected chi connectivity index (χ3v) is 5.61. The molecule has 0 aliphatic heterocycles. The lowest BCUT2D eigenvalue weighted by Gasteiger charge is -2.13. The first-order valence-electron chi connectivity index (χ1n) is 8.05. The minimum absolute atomic E-state index is 0.102. The van der Waals surface area contributed by atoms with E-state index in [-0.39, 0.29) is 23.2 Å². The van der Waals surface area contributed by atoms with Crippen molar-refractivity contribution >= 4 is 15.9 Å². The average molecular weight is 336 g/mol. The second kappa shape index (κ2) is 8.72. The van der Waals surface area contributed by atoms with Gasteiger partial charge in [0.2, 0.25) is 0 Å². The smallest absolute Gasteiger partial charge is 0.314 e. The number of urea groups is 1. The number of carbonyl (C=O) groups excluding carboxylic acids is 1. The predicted molar refractivity (Wildman–Crippen MR) is 91.1 cm³/mol. The van der Waals surface area contributed by atoms with Crippen molar-refractivity contribution < 1.29 is 13.2 Å².